The molecule has 13 nitrogen and oxygen atoms in total. The Balaban J connectivity index is 1.61. The van der Waals surface area contributed by atoms with Gasteiger partial charge in [0.2, 0.25) is 5.95 Å². The van der Waals surface area contributed by atoms with Crippen molar-refractivity contribution in [2.24, 2.45) is 11.8 Å². The molecule has 0 aliphatic carbocycles. The molecule has 4 N–H and O–H groups in total. The van der Waals surface area contributed by atoms with Gasteiger partial charge in [0.25, 0.3) is 5.56 Å². The average molecular weight is 557 g/mol. The Bertz CT molecular complexity index is 1340. The zero-order chi connectivity index (χ0) is 29.1. The number of rotatable bonds is 14. The van der Waals surface area contributed by atoms with Gasteiger partial charge in [-0.05, 0) is 24.3 Å². The van der Waals surface area contributed by atoms with E-state index in [0.717, 1.165) is 5.56 Å². The molecule has 2 atom stereocenters. The molecule has 1 aromatic carbocycles. The van der Waals surface area contributed by atoms with Gasteiger partial charge in [-0.25, -0.2) is 14.6 Å². The molecule has 0 radical (unpaired) electrons. The maximum Gasteiger partial charge on any atom is 0.408 e. The van der Waals surface area contributed by atoms with Gasteiger partial charge in [0.05, 0.1) is 19.5 Å². The van der Waals surface area contributed by atoms with E-state index in [9.17, 15) is 19.2 Å². The van der Waals surface area contributed by atoms with Gasteiger partial charge >= 0.3 is 18.0 Å². The fourth-order valence-corrected chi connectivity index (χ4v) is 3.84. The number of nitrogens with two attached hydrogens (primary N) is 1. The van der Waals surface area contributed by atoms with Crippen molar-refractivity contribution in [3.05, 3.63) is 52.6 Å². The molecule has 0 aliphatic heterocycles. The maximum atomic E-state index is 12.9. The summed E-state index contributed by atoms with van der Waals surface area (Å²) in [6, 6.07) is 8.24. The van der Waals surface area contributed by atoms with Gasteiger partial charge in [-0.2, -0.15) is 4.98 Å². The number of aromatic nitrogens is 4. The fraction of sp³-hybridized carbons (Fsp3) is 0.481. The predicted molar refractivity (Wildman–Crippen MR) is 146 cm³/mol. The number of nitrogens with one attached hydrogen (secondary N) is 2. The average Bonchev–Trinajstić information content (AvgIpc) is 3.33. The number of anilines is 1. The number of amides is 1. The third-order valence-electron chi connectivity index (χ3n) is 6.07. The molecule has 40 heavy (non-hydrogen) atoms. The zero-order valence-electron chi connectivity index (χ0n) is 22.9. The minimum atomic E-state index is -0.942. The van der Waals surface area contributed by atoms with Crippen molar-refractivity contribution < 1.29 is 28.6 Å². The SMILES string of the molecule is CCCC(=O)OCC(CCn1cnc2c(=O)[nH]c(N)nc21)COC(=O)[C@@H](NC(=O)OCc1ccccc1)C(C)C. The van der Waals surface area contributed by atoms with E-state index in [1.165, 1.54) is 6.33 Å². The van der Waals surface area contributed by atoms with Gasteiger partial charge in [-0.3, -0.25) is 14.6 Å². The van der Waals surface area contributed by atoms with E-state index in [1.54, 1.807) is 18.4 Å². The van der Waals surface area contributed by atoms with Gasteiger partial charge in [-0.1, -0.05) is 51.1 Å². The molecule has 3 rings (SSSR count). The summed E-state index contributed by atoms with van der Waals surface area (Å²) in [4.78, 5) is 60.0. The van der Waals surface area contributed by atoms with Crippen LogP contribution in [0.2, 0.25) is 0 Å². The van der Waals surface area contributed by atoms with Crippen LogP contribution in [0.5, 0.6) is 0 Å². The number of aromatic amines is 1. The molecule has 1 unspecified atom stereocenters. The highest BCUT2D eigenvalue weighted by molar-refractivity contribution is 5.81. The van der Waals surface area contributed by atoms with Crippen molar-refractivity contribution in [1.29, 1.82) is 0 Å². The van der Waals surface area contributed by atoms with Gasteiger partial charge < -0.3 is 29.8 Å². The molecule has 1 amide bonds. The molecule has 3 aromatic rings. The molecule has 13 heteroatoms. The number of nitrogen functional groups attached to an aromatic ring is 1. The number of aryl methyl sites for hydroxylation is 1. The maximum absolute atomic E-state index is 12.9. The molecule has 0 bridgehead atoms. The molecule has 216 valence electrons. The molecule has 0 saturated carbocycles. The van der Waals surface area contributed by atoms with Crippen molar-refractivity contribution in [1.82, 2.24) is 24.8 Å². The number of hydrogen-bond donors (Lipinski definition) is 3. The lowest BCUT2D eigenvalue weighted by atomic mass is 10.0. The van der Waals surface area contributed by atoms with Crippen LogP contribution in [0.4, 0.5) is 10.7 Å². The second kappa shape index (κ2) is 14.7. The van der Waals surface area contributed by atoms with Crippen LogP contribution in [0.25, 0.3) is 11.2 Å². The largest absolute Gasteiger partial charge is 0.465 e. The van der Waals surface area contributed by atoms with Crippen LogP contribution in [0.15, 0.2) is 41.5 Å². The lowest BCUT2D eigenvalue weighted by molar-refractivity contribution is -0.151. The van der Waals surface area contributed by atoms with E-state index in [1.807, 2.05) is 37.3 Å². The van der Waals surface area contributed by atoms with E-state index in [4.69, 9.17) is 19.9 Å². The summed E-state index contributed by atoms with van der Waals surface area (Å²) < 4.78 is 17.8. The summed E-state index contributed by atoms with van der Waals surface area (Å²) in [6.07, 6.45) is 2.06. The standard InChI is InChI=1S/C27H36N6O7/c1-4-8-20(34)38-14-19(11-12-33-16-29-22-23(33)31-26(28)32-24(22)35)15-39-25(36)21(17(2)3)30-27(37)40-13-18-9-6-5-7-10-18/h5-7,9-10,16-17,19,21H,4,8,11-15H2,1-3H3,(H,30,37)(H3,28,31,32,35)/t19?,21-/m0/s1. The van der Waals surface area contributed by atoms with Gasteiger partial charge in [-0.15, -0.1) is 0 Å². The number of H-pyrrole nitrogens is 1. The molecule has 0 spiro atoms. The summed E-state index contributed by atoms with van der Waals surface area (Å²) >= 11 is 0. The topological polar surface area (TPSA) is 181 Å². The third-order valence-corrected chi connectivity index (χ3v) is 6.07. The minimum absolute atomic E-state index is 0.0216. The number of hydrogen-bond acceptors (Lipinski definition) is 10. The molecular formula is C27H36N6O7. The highest BCUT2D eigenvalue weighted by Gasteiger charge is 2.27. The molecule has 2 heterocycles. The van der Waals surface area contributed by atoms with Crippen molar-refractivity contribution in [3.63, 3.8) is 0 Å². The molecule has 0 aliphatic rings. The first-order valence-electron chi connectivity index (χ1n) is 13.2. The highest BCUT2D eigenvalue weighted by atomic mass is 16.6. The second-order valence-corrected chi connectivity index (χ2v) is 9.71. The van der Waals surface area contributed by atoms with E-state index in [0.29, 0.717) is 25.0 Å². The Hall–Kier alpha value is -4.42. The first-order chi connectivity index (χ1) is 19.2. The number of imidazole rings is 1. The second-order valence-electron chi connectivity index (χ2n) is 9.71. The van der Waals surface area contributed by atoms with Crippen LogP contribution in [0, 0.1) is 11.8 Å². The Kier molecular flexibility index (Phi) is 11.0. The fourth-order valence-electron chi connectivity index (χ4n) is 3.84. The Morgan fingerprint density at radius 3 is 2.52 bits per heavy atom. The third kappa shape index (κ3) is 8.82. The number of alkyl carbamates (subject to hydrolysis) is 1. The van der Waals surface area contributed by atoms with Gasteiger partial charge in [0.15, 0.2) is 11.2 Å². The van der Waals surface area contributed by atoms with Crippen LogP contribution in [0.1, 0.15) is 45.6 Å². The smallest absolute Gasteiger partial charge is 0.408 e. The van der Waals surface area contributed by atoms with Crippen LogP contribution < -0.4 is 16.6 Å². The Morgan fingerprint density at radius 1 is 1.10 bits per heavy atom. The van der Waals surface area contributed by atoms with Crippen LogP contribution >= 0.6 is 0 Å². The number of fused-ring (bicyclic) bond motifs is 1. The summed E-state index contributed by atoms with van der Waals surface area (Å²) in [5.74, 6) is -1.67. The van der Waals surface area contributed by atoms with Crippen LogP contribution in [0.3, 0.4) is 0 Å². The quantitative estimate of drug-likeness (QED) is 0.197. The first-order valence-corrected chi connectivity index (χ1v) is 13.2. The highest BCUT2D eigenvalue weighted by Crippen LogP contribution is 2.14. The number of carbonyl (C=O) groups excluding carboxylic acids is 3. The summed E-state index contributed by atoms with van der Waals surface area (Å²) in [5, 5.41) is 2.58. The van der Waals surface area contributed by atoms with E-state index in [-0.39, 0.29) is 55.5 Å². The van der Waals surface area contributed by atoms with E-state index >= 15 is 0 Å². The molecule has 0 saturated heterocycles. The Labute approximate surface area is 231 Å². The number of esters is 2. The van der Waals surface area contributed by atoms with E-state index < -0.39 is 23.7 Å². The number of carbonyl (C=O) groups is 3. The summed E-state index contributed by atoms with van der Waals surface area (Å²) in [6.45, 7) is 5.79. The number of benzene rings is 1. The Morgan fingerprint density at radius 2 is 1.82 bits per heavy atom. The van der Waals surface area contributed by atoms with Gasteiger partial charge in [0, 0.05) is 18.9 Å². The zero-order valence-corrected chi connectivity index (χ0v) is 22.9. The minimum Gasteiger partial charge on any atom is -0.465 e. The molecule has 2 aromatic heterocycles. The van der Waals surface area contributed by atoms with Crippen molar-refractivity contribution in [2.75, 3.05) is 18.9 Å². The van der Waals surface area contributed by atoms with Crippen LogP contribution in [-0.4, -0.2) is 56.8 Å². The monoisotopic (exact) mass is 556 g/mol. The lowest BCUT2D eigenvalue weighted by Gasteiger charge is -2.23. The van der Waals surface area contributed by atoms with Crippen molar-refractivity contribution in [3.8, 4) is 0 Å². The predicted octanol–water partition coefficient (Wildman–Crippen LogP) is 2.55. The normalized spacial score (nSPS) is 12.6. The molecule has 0 fully saturated rings. The molecular weight excluding hydrogens is 520 g/mol. The number of nitrogens with zero attached hydrogens (tertiary/aromatic N) is 3. The van der Waals surface area contributed by atoms with E-state index in [2.05, 4.69) is 20.3 Å². The van der Waals surface area contributed by atoms with Crippen molar-refractivity contribution in [2.45, 2.75) is 59.2 Å². The van der Waals surface area contributed by atoms with Crippen LogP contribution in [-0.2, 0) is 37.0 Å². The summed E-state index contributed by atoms with van der Waals surface area (Å²) in [5.41, 5.74) is 6.51. The van der Waals surface area contributed by atoms with Crippen molar-refractivity contribution >= 4 is 35.1 Å². The van der Waals surface area contributed by atoms with Gasteiger partial charge in [0.1, 0.15) is 12.6 Å². The first kappa shape index (κ1) is 30.1. The summed E-state index contributed by atoms with van der Waals surface area (Å²) in [7, 11) is 0. The number of ether oxygens (including phenoxy) is 3. The lowest BCUT2D eigenvalue weighted by Crippen LogP contribution is -2.46.